The standard InChI is InChI=1S/C13H17N5O/c1-2-13(18-5-7-19-8-6-18)15-9-11(1)14-10-12-3-4-16-17-12/h1-4,9,14H,5-8,10H2,(H,16,17). The molecule has 2 aromatic heterocycles. The summed E-state index contributed by atoms with van der Waals surface area (Å²) >= 11 is 0. The summed E-state index contributed by atoms with van der Waals surface area (Å²) in [6.45, 7) is 4.10. The first-order valence-corrected chi connectivity index (χ1v) is 6.43. The van der Waals surface area contributed by atoms with Gasteiger partial charge in [0.05, 0.1) is 37.3 Å². The smallest absolute Gasteiger partial charge is 0.128 e. The van der Waals surface area contributed by atoms with Gasteiger partial charge >= 0.3 is 0 Å². The zero-order valence-corrected chi connectivity index (χ0v) is 10.7. The molecule has 6 nitrogen and oxygen atoms in total. The molecule has 3 heterocycles. The van der Waals surface area contributed by atoms with Crippen LogP contribution in [0.1, 0.15) is 5.69 Å². The lowest BCUT2D eigenvalue weighted by atomic mass is 10.3. The van der Waals surface area contributed by atoms with Crippen molar-refractivity contribution in [3.63, 3.8) is 0 Å². The first-order valence-electron chi connectivity index (χ1n) is 6.43. The number of anilines is 2. The topological polar surface area (TPSA) is 66.1 Å². The summed E-state index contributed by atoms with van der Waals surface area (Å²) < 4.78 is 5.33. The van der Waals surface area contributed by atoms with Crippen molar-refractivity contribution in [1.29, 1.82) is 0 Å². The van der Waals surface area contributed by atoms with E-state index in [9.17, 15) is 0 Å². The van der Waals surface area contributed by atoms with Gasteiger partial charge in [0, 0.05) is 19.3 Å². The maximum atomic E-state index is 5.33. The Bertz CT molecular complexity index is 490. The van der Waals surface area contributed by atoms with Crippen molar-refractivity contribution < 1.29 is 4.74 Å². The Morgan fingerprint density at radius 3 is 2.84 bits per heavy atom. The predicted octanol–water partition coefficient (Wildman–Crippen LogP) is 1.25. The summed E-state index contributed by atoms with van der Waals surface area (Å²) in [5, 5.41) is 10.1. The SMILES string of the molecule is c1cc(CNc2ccc(N3CCOCC3)nc2)[nH]n1. The minimum absolute atomic E-state index is 0.721. The molecule has 1 aliphatic heterocycles. The molecule has 100 valence electrons. The molecule has 0 aliphatic carbocycles. The van der Waals surface area contributed by atoms with Crippen molar-refractivity contribution in [2.75, 3.05) is 36.5 Å². The van der Waals surface area contributed by atoms with E-state index in [1.165, 1.54) is 0 Å². The molecular formula is C13H17N5O. The van der Waals surface area contributed by atoms with Crippen LogP contribution in [0.5, 0.6) is 0 Å². The van der Waals surface area contributed by atoms with E-state index < -0.39 is 0 Å². The van der Waals surface area contributed by atoms with Gasteiger partial charge in [0.2, 0.25) is 0 Å². The molecule has 1 saturated heterocycles. The van der Waals surface area contributed by atoms with Crippen molar-refractivity contribution in [1.82, 2.24) is 15.2 Å². The number of rotatable bonds is 4. The number of nitrogens with zero attached hydrogens (tertiary/aromatic N) is 3. The van der Waals surface area contributed by atoms with E-state index >= 15 is 0 Å². The molecule has 2 N–H and O–H groups in total. The van der Waals surface area contributed by atoms with Gasteiger partial charge < -0.3 is 15.0 Å². The first-order chi connectivity index (χ1) is 9.42. The van der Waals surface area contributed by atoms with Crippen LogP contribution in [0.4, 0.5) is 11.5 Å². The number of nitrogens with one attached hydrogen (secondary N) is 2. The van der Waals surface area contributed by atoms with Gasteiger partial charge in [-0.05, 0) is 18.2 Å². The maximum Gasteiger partial charge on any atom is 0.128 e. The van der Waals surface area contributed by atoms with Crippen molar-refractivity contribution >= 4 is 11.5 Å². The van der Waals surface area contributed by atoms with Crippen molar-refractivity contribution in [3.8, 4) is 0 Å². The highest BCUT2D eigenvalue weighted by atomic mass is 16.5. The summed E-state index contributed by atoms with van der Waals surface area (Å²) in [5.74, 6) is 1.01. The third kappa shape index (κ3) is 3.03. The van der Waals surface area contributed by atoms with Gasteiger partial charge in [-0.2, -0.15) is 5.10 Å². The van der Waals surface area contributed by atoms with E-state index in [4.69, 9.17) is 4.74 Å². The van der Waals surface area contributed by atoms with E-state index in [0.717, 1.165) is 50.0 Å². The fraction of sp³-hybridized carbons (Fsp3) is 0.385. The molecule has 0 saturated carbocycles. The summed E-state index contributed by atoms with van der Waals surface area (Å²) in [4.78, 5) is 6.72. The zero-order chi connectivity index (χ0) is 12.9. The average Bonchev–Trinajstić information content (AvgIpc) is 3.00. The largest absolute Gasteiger partial charge is 0.378 e. The molecule has 0 amide bonds. The lowest BCUT2D eigenvalue weighted by Gasteiger charge is -2.27. The summed E-state index contributed by atoms with van der Waals surface area (Å²) in [5.41, 5.74) is 2.06. The maximum absolute atomic E-state index is 5.33. The Morgan fingerprint density at radius 2 is 2.16 bits per heavy atom. The lowest BCUT2D eigenvalue weighted by Crippen LogP contribution is -2.36. The first kappa shape index (κ1) is 12.0. The Balaban J connectivity index is 1.58. The second-order valence-electron chi connectivity index (χ2n) is 4.44. The third-order valence-electron chi connectivity index (χ3n) is 3.12. The number of aromatic amines is 1. The molecule has 0 radical (unpaired) electrons. The van der Waals surface area contributed by atoms with Crippen LogP contribution in [0.15, 0.2) is 30.6 Å². The number of hydrogen-bond donors (Lipinski definition) is 2. The Morgan fingerprint density at radius 1 is 1.26 bits per heavy atom. The number of aromatic nitrogens is 3. The van der Waals surface area contributed by atoms with E-state index in [1.54, 1.807) is 6.20 Å². The van der Waals surface area contributed by atoms with Gasteiger partial charge in [0.15, 0.2) is 0 Å². The minimum atomic E-state index is 0.721. The van der Waals surface area contributed by atoms with Crippen LogP contribution >= 0.6 is 0 Å². The molecule has 0 unspecified atom stereocenters. The highest BCUT2D eigenvalue weighted by molar-refractivity contribution is 5.48. The van der Waals surface area contributed by atoms with Crippen molar-refractivity contribution in [3.05, 3.63) is 36.3 Å². The van der Waals surface area contributed by atoms with Crippen LogP contribution in [-0.4, -0.2) is 41.5 Å². The van der Waals surface area contributed by atoms with E-state index in [2.05, 4.69) is 25.4 Å². The highest BCUT2D eigenvalue weighted by Gasteiger charge is 2.11. The normalized spacial score (nSPS) is 15.5. The van der Waals surface area contributed by atoms with Crippen LogP contribution in [0, 0.1) is 0 Å². The summed E-state index contributed by atoms with van der Waals surface area (Å²) in [6.07, 6.45) is 3.61. The lowest BCUT2D eigenvalue weighted by molar-refractivity contribution is 0.122. The highest BCUT2D eigenvalue weighted by Crippen LogP contribution is 2.15. The minimum Gasteiger partial charge on any atom is -0.378 e. The third-order valence-corrected chi connectivity index (χ3v) is 3.12. The molecule has 2 aromatic rings. The number of ether oxygens (including phenoxy) is 1. The fourth-order valence-electron chi connectivity index (χ4n) is 2.05. The van der Waals surface area contributed by atoms with E-state index in [0.29, 0.717) is 0 Å². The van der Waals surface area contributed by atoms with Gasteiger partial charge in [-0.1, -0.05) is 0 Å². The molecule has 0 bridgehead atoms. The van der Waals surface area contributed by atoms with Crippen LogP contribution in [-0.2, 0) is 11.3 Å². The average molecular weight is 259 g/mol. The predicted molar refractivity (Wildman–Crippen MR) is 73.2 cm³/mol. The quantitative estimate of drug-likeness (QED) is 0.865. The van der Waals surface area contributed by atoms with Gasteiger partial charge in [-0.25, -0.2) is 4.98 Å². The summed E-state index contributed by atoms with van der Waals surface area (Å²) in [6, 6.07) is 6.04. The van der Waals surface area contributed by atoms with Crippen molar-refractivity contribution in [2.24, 2.45) is 0 Å². The van der Waals surface area contributed by atoms with Crippen molar-refractivity contribution in [2.45, 2.75) is 6.54 Å². The Hall–Kier alpha value is -2.08. The molecule has 0 spiro atoms. The summed E-state index contributed by atoms with van der Waals surface area (Å²) in [7, 11) is 0. The monoisotopic (exact) mass is 259 g/mol. The number of H-pyrrole nitrogens is 1. The van der Waals surface area contributed by atoms with Gasteiger partial charge in [-0.3, -0.25) is 5.10 Å². The van der Waals surface area contributed by atoms with Crippen LogP contribution < -0.4 is 10.2 Å². The second-order valence-corrected chi connectivity index (χ2v) is 4.44. The molecule has 1 fully saturated rings. The molecule has 19 heavy (non-hydrogen) atoms. The number of pyridine rings is 1. The molecule has 6 heteroatoms. The molecule has 3 rings (SSSR count). The number of morpholine rings is 1. The van der Waals surface area contributed by atoms with Crippen LogP contribution in [0.3, 0.4) is 0 Å². The Labute approximate surface area is 111 Å². The Kier molecular flexibility index (Phi) is 3.60. The molecule has 0 aromatic carbocycles. The van der Waals surface area contributed by atoms with Crippen LogP contribution in [0.25, 0.3) is 0 Å². The van der Waals surface area contributed by atoms with Gasteiger partial charge in [-0.15, -0.1) is 0 Å². The number of hydrogen-bond acceptors (Lipinski definition) is 5. The molecule has 1 aliphatic rings. The second kappa shape index (κ2) is 5.71. The fourth-order valence-corrected chi connectivity index (χ4v) is 2.05. The van der Waals surface area contributed by atoms with Gasteiger partial charge in [0.25, 0.3) is 0 Å². The van der Waals surface area contributed by atoms with E-state index in [-0.39, 0.29) is 0 Å². The van der Waals surface area contributed by atoms with Gasteiger partial charge in [0.1, 0.15) is 5.82 Å². The zero-order valence-electron chi connectivity index (χ0n) is 10.7. The molecule has 0 atom stereocenters. The molecular weight excluding hydrogens is 242 g/mol. The van der Waals surface area contributed by atoms with Crippen LogP contribution in [0.2, 0.25) is 0 Å². The van der Waals surface area contributed by atoms with E-state index in [1.807, 2.05) is 24.4 Å².